The van der Waals surface area contributed by atoms with Gasteiger partial charge in [-0.3, -0.25) is 4.79 Å². The highest BCUT2D eigenvalue weighted by molar-refractivity contribution is 5.82. The van der Waals surface area contributed by atoms with Crippen LogP contribution in [-0.2, 0) is 4.79 Å². The Balaban J connectivity index is 2.63. The second-order valence-electron chi connectivity index (χ2n) is 4.86. The highest BCUT2D eigenvalue weighted by Gasteiger charge is 2.29. The first kappa shape index (κ1) is 12.5. The van der Waals surface area contributed by atoms with Crippen LogP contribution in [0.25, 0.3) is 0 Å². The lowest BCUT2D eigenvalue weighted by atomic mass is 9.96. The van der Waals surface area contributed by atoms with Crippen LogP contribution in [0, 0.1) is 5.92 Å². The monoisotopic (exact) mass is 212 g/mol. The van der Waals surface area contributed by atoms with E-state index in [-0.39, 0.29) is 17.9 Å². The maximum absolute atomic E-state index is 12.1. The molecule has 1 saturated heterocycles. The highest BCUT2D eigenvalue weighted by Crippen LogP contribution is 2.20. The number of piperidine rings is 1. The van der Waals surface area contributed by atoms with E-state index in [0.29, 0.717) is 6.04 Å². The Hall–Kier alpha value is -0.570. The van der Waals surface area contributed by atoms with E-state index < -0.39 is 0 Å². The molecule has 1 rings (SSSR count). The molecule has 1 aliphatic heterocycles. The first-order valence-electron chi connectivity index (χ1n) is 6.14. The van der Waals surface area contributed by atoms with Crippen molar-refractivity contribution in [3.63, 3.8) is 0 Å². The summed E-state index contributed by atoms with van der Waals surface area (Å²) < 4.78 is 0. The summed E-state index contributed by atoms with van der Waals surface area (Å²) in [6.45, 7) is 7.07. The van der Waals surface area contributed by atoms with E-state index in [9.17, 15) is 4.79 Å². The fourth-order valence-corrected chi connectivity index (χ4v) is 2.19. The van der Waals surface area contributed by atoms with Gasteiger partial charge in [0.1, 0.15) is 0 Å². The topological polar surface area (TPSA) is 46.3 Å². The number of nitrogens with zero attached hydrogens (tertiary/aromatic N) is 1. The average Bonchev–Trinajstić information content (AvgIpc) is 2.26. The van der Waals surface area contributed by atoms with Crippen molar-refractivity contribution in [2.75, 3.05) is 6.54 Å². The van der Waals surface area contributed by atoms with Crippen molar-refractivity contribution in [1.29, 1.82) is 0 Å². The summed E-state index contributed by atoms with van der Waals surface area (Å²) in [5.41, 5.74) is 5.92. The third-order valence-corrected chi connectivity index (χ3v) is 3.38. The summed E-state index contributed by atoms with van der Waals surface area (Å²) >= 11 is 0. The SMILES string of the molecule is CCC1CCCCN1C(=O)[C@@H](N)C(C)C. The van der Waals surface area contributed by atoms with Gasteiger partial charge < -0.3 is 10.6 Å². The molecule has 0 radical (unpaired) electrons. The van der Waals surface area contributed by atoms with E-state index in [4.69, 9.17) is 5.73 Å². The van der Waals surface area contributed by atoms with Crippen LogP contribution in [0.15, 0.2) is 0 Å². The van der Waals surface area contributed by atoms with E-state index in [2.05, 4.69) is 6.92 Å². The quantitative estimate of drug-likeness (QED) is 0.775. The first-order chi connectivity index (χ1) is 7.07. The van der Waals surface area contributed by atoms with Gasteiger partial charge in [0.25, 0.3) is 0 Å². The van der Waals surface area contributed by atoms with E-state index in [0.717, 1.165) is 25.8 Å². The lowest BCUT2D eigenvalue weighted by molar-refractivity contribution is -0.137. The summed E-state index contributed by atoms with van der Waals surface area (Å²) in [5.74, 6) is 0.383. The van der Waals surface area contributed by atoms with Gasteiger partial charge in [-0.2, -0.15) is 0 Å². The molecule has 3 nitrogen and oxygen atoms in total. The van der Waals surface area contributed by atoms with Crippen LogP contribution in [0.1, 0.15) is 46.5 Å². The number of rotatable bonds is 3. The van der Waals surface area contributed by atoms with Gasteiger partial charge in [0.2, 0.25) is 5.91 Å². The number of hydrogen-bond donors (Lipinski definition) is 1. The maximum Gasteiger partial charge on any atom is 0.239 e. The molecule has 0 aromatic rings. The molecule has 2 atom stereocenters. The Morgan fingerprint density at radius 1 is 1.47 bits per heavy atom. The van der Waals surface area contributed by atoms with E-state index >= 15 is 0 Å². The zero-order valence-electron chi connectivity index (χ0n) is 10.2. The molecule has 1 heterocycles. The van der Waals surface area contributed by atoms with Gasteiger partial charge in [-0.25, -0.2) is 0 Å². The first-order valence-corrected chi connectivity index (χ1v) is 6.14. The Kier molecular flexibility index (Phi) is 4.58. The van der Waals surface area contributed by atoms with Crippen molar-refractivity contribution in [3.05, 3.63) is 0 Å². The number of nitrogens with two attached hydrogens (primary N) is 1. The third kappa shape index (κ3) is 2.94. The molecule has 1 fully saturated rings. The molecular weight excluding hydrogens is 188 g/mol. The van der Waals surface area contributed by atoms with Crippen LogP contribution in [0.3, 0.4) is 0 Å². The van der Waals surface area contributed by atoms with Crippen LogP contribution in [0.2, 0.25) is 0 Å². The molecule has 0 saturated carbocycles. The number of carbonyl (C=O) groups excluding carboxylic acids is 1. The van der Waals surface area contributed by atoms with Gasteiger partial charge in [-0.1, -0.05) is 20.8 Å². The number of likely N-dealkylation sites (tertiary alicyclic amines) is 1. The molecule has 0 bridgehead atoms. The lowest BCUT2D eigenvalue weighted by Gasteiger charge is -2.37. The van der Waals surface area contributed by atoms with Crippen LogP contribution in [0.5, 0.6) is 0 Å². The smallest absolute Gasteiger partial charge is 0.239 e. The molecule has 0 aliphatic carbocycles. The Bertz CT molecular complexity index is 216. The normalized spacial score (nSPS) is 24.3. The van der Waals surface area contributed by atoms with Crippen LogP contribution in [-0.4, -0.2) is 29.4 Å². The van der Waals surface area contributed by atoms with Crippen molar-refractivity contribution in [2.45, 2.75) is 58.5 Å². The number of amides is 1. The van der Waals surface area contributed by atoms with E-state index in [1.807, 2.05) is 18.7 Å². The molecular formula is C12H24N2O. The Morgan fingerprint density at radius 3 is 2.67 bits per heavy atom. The van der Waals surface area contributed by atoms with Gasteiger partial charge in [-0.15, -0.1) is 0 Å². The molecule has 2 N–H and O–H groups in total. The standard InChI is InChI=1S/C12H24N2O/c1-4-10-7-5-6-8-14(10)12(15)11(13)9(2)3/h9-11H,4-8,13H2,1-3H3/t10?,11-/m0/s1. The van der Waals surface area contributed by atoms with Gasteiger partial charge in [0.15, 0.2) is 0 Å². The largest absolute Gasteiger partial charge is 0.338 e. The maximum atomic E-state index is 12.1. The Morgan fingerprint density at radius 2 is 2.13 bits per heavy atom. The molecule has 0 aromatic heterocycles. The molecule has 3 heteroatoms. The zero-order valence-corrected chi connectivity index (χ0v) is 10.2. The number of carbonyl (C=O) groups is 1. The highest BCUT2D eigenvalue weighted by atomic mass is 16.2. The van der Waals surface area contributed by atoms with Gasteiger partial charge in [0, 0.05) is 12.6 Å². The van der Waals surface area contributed by atoms with E-state index in [1.54, 1.807) is 0 Å². The van der Waals surface area contributed by atoms with E-state index in [1.165, 1.54) is 6.42 Å². The molecule has 0 spiro atoms. The van der Waals surface area contributed by atoms with Gasteiger partial charge >= 0.3 is 0 Å². The van der Waals surface area contributed by atoms with Crippen molar-refractivity contribution in [2.24, 2.45) is 11.7 Å². The molecule has 1 unspecified atom stereocenters. The van der Waals surface area contributed by atoms with Crippen LogP contribution < -0.4 is 5.73 Å². The van der Waals surface area contributed by atoms with Crippen LogP contribution >= 0.6 is 0 Å². The minimum Gasteiger partial charge on any atom is -0.338 e. The van der Waals surface area contributed by atoms with Gasteiger partial charge in [0.05, 0.1) is 6.04 Å². The fraction of sp³-hybridized carbons (Fsp3) is 0.917. The minimum atomic E-state index is -0.322. The molecule has 1 aliphatic rings. The van der Waals surface area contributed by atoms with Crippen molar-refractivity contribution >= 4 is 5.91 Å². The van der Waals surface area contributed by atoms with Crippen molar-refractivity contribution in [3.8, 4) is 0 Å². The van der Waals surface area contributed by atoms with Gasteiger partial charge in [-0.05, 0) is 31.6 Å². The summed E-state index contributed by atoms with van der Waals surface area (Å²) in [6.07, 6.45) is 4.58. The van der Waals surface area contributed by atoms with Crippen molar-refractivity contribution in [1.82, 2.24) is 4.90 Å². The van der Waals surface area contributed by atoms with Crippen LogP contribution in [0.4, 0.5) is 0 Å². The fourth-order valence-electron chi connectivity index (χ4n) is 2.19. The molecule has 15 heavy (non-hydrogen) atoms. The summed E-state index contributed by atoms with van der Waals surface area (Å²) in [4.78, 5) is 14.1. The van der Waals surface area contributed by atoms with Crippen molar-refractivity contribution < 1.29 is 4.79 Å². The average molecular weight is 212 g/mol. The summed E-state index contributed by atoms with van der Waals surface area (Å²) in [5, 5.41) is 0. The molecule has 0 aromatic carbocycles. The molecule has 1 amide bonds. The lowest BCUT2D eigenvalue weighted by Crippen LogP contribution is -2.52. The third-order valence-electron chi connectivity index (χ3n) is 3.38. The molecule has 88 valence electrons. The zero-order chi connectivity index (χ0) is 11.4. The second kappa shape index (κ2) is 5.50. The predicted octanol–water partition coefficient (Wildman–Crippen LogP) is 1.76. The Labute approximate surface area is 93.0 Å². The predicted molar refractivity (Wildman–Crippen MR) is 62.5 cm³/mol. The second-order valence-corrected chi connectivity index (χ2v) is 4.86. The minimum absolute atomic E-state index is 0.150. The summed E-state index contributed by atoms with van der Waals surface area (Å²) in [7, 11) is 0. The number of hydrogen-bond acceptors (Lipinski definition) is 2. The summed E-state index contributed by atoms with van der Waals surface area (Å²) in [6, 6.07) is 0.105.